The molecule has 5 nitrogen and oxygen atoms in total. The van der Waals surface area contributed by atoms with Crippen LogP contribution in [0.3, 0.4) is 0 Å². The van der Waals surface area contributed by atoms with Crippen LogP contribution in [-0.2, 0) is 15.9 Å². The van der Waals surface area contributed by atoms with Crippen molar-refractivity contribution in [1.82, 2.24) is 9.88 Å². The van der Waals surface area contributed by atoms with Crippen molar-refractivity contribution in [3.8, 4) is 0 Å². The maximum Gasteiger partial charge on any atom is 0.410 e. The summed E-state index contributed by atoms with van der Waals surface area (Å²) < 4.78 is 11.7. The molecule has 1 atom stereocenters. The summed E-state index contributed by atoms with van der Waals surface area (Å²) in [7, 11) is 0. The van der Waals surface area contributed by atoms with Gasteiger partial charge in [0.2, 0.25) is 0 Å². The number of hydrogen-bond donors (Lipinski definition) is 0. The predicted octanol–water partition coefficient (Wildman–Crippen LogP) is 3.80. The van der Waals surface area contributed by atoms with Gasteiger partial charge in [0.15, 0.2) is 0 Å². The number of hydrogen-bond acceptors (Lipinski definition) is 5. The number of carbonyl (C=O) groups excluding carboxylic acids is 1. The van der Waals surface area contributed by atoms with E-state index in [-0.39, 0.29) is 11.7 Å². The van der Waals surface area contributed by atoms with Crippen LogP contribution >= 0.6 is 11.3 Å². The van der Waals surface area contributed by atoms with E-state index in [0.717, 1.165) is 25.0 Å². The van der Waals surface area contributed by atoms with E-state index in [1.54, 1.807) is 16.2 Å². The van der Waals surface area contributed by atoms with Crippen LogP contribution in [0.2, 0.25) is 0 Å². The highest BCUT2D eigenvalue weighted by Gasteiger charge is 2.40. The molecule has 1 fully saturated rings. The lowest BCUT2D eigenvalue weighted by molar-refractivity contribution is -0.0410. The van der Waals surface area contributed by atoms with E-state index in [1.165, 1.54) is 4.88 Å². The lowest BCUT2D eigenvalue weighted by atomic mass is 10.00. The molecule has 0 saturated carbocycles. The van der Waals surface area contributed by atoms with Gasteiger partial charge in [-0.1, -0.05) is 6.92 Å². The van der Waals surface area contributed by atoms with Gasteiger partial charge in [0.25, 0.3) is 0 Å². The van der Waals surface area contributed by atoms with Crippen molar-refractivity contribution in [1.29, 1.82) is 0 Å². The van der Waals surface area contributed by atoms with Gasteiger partial charge in [0, 0.05) is 17.8 Å². The van der Waals surface area contributed by atoms with E-state index in [9.17, 15) is 4.79 Å². The number of amides is 1. The molecule has 1 aliphatic heterocycles. The topological polar surface area (TPSA) is 51.7 Å². The zero-order chi connectivity index (χ0) is 17.1. The van der Waals surface area contributed by atoms with Gasteiger partial charge in [-0.3, -0.25) is 0 Å². The lowest BCUT2D eigenvalue weighted by Crippen LogP contribution is -2.40. The number of nitrogens with zero attached hydrogens (tertiary/aromatic N) is 2. The molecular weight excluding hydrogens is 312 g/mol. The van der Waals surface area contributed by atoms with Gasteiger partial charge in [0.1, 0.15) is 5.60 Å². The Bertz CT molecular complexity index is 538. The Morgan fingerprint density at radius 1 is 1.48 bits per heavy atom. The fourth-order valence-corrected chi connectivity index (χ4v) is 3.52. The molecule has 0 spiro atoms. The highest BCUT2D eigenvalue weighted by Crippen LogP contribution is 2.30. The highest BCUT2D eigenvalue weighted by atomic mass is 32.1. The van der Waals surface area contributed by atoms with Crippen molar-refractivity contribution in [3.05, 3.63) is 16.1 Å². The maximum absolute atomic E-state index is 12.2. The van der Waals surface area contributed by atoms with Gasteiger partial charge >= 0.3 is 6.09 Å². The first kappa shape index (κ1) is 18.2. The molecule has 1 unspecified atom stereocenters. The number of likely N-dealkylation sites (tertiary alicyclic amines) is 1. The lowest BCUT2D eigenvalue weighted by Gasteiger charge is -2.29. The van der Waals surface area contributed by atoms with Crippen LogP contribution in [0.15, 0.2) is 5.51 Å². The third kappa shape index (κ3) is 4.91. The van der Waals surface area contributed by atoms with Gasteiger partial charge in [-0.05, 0) is 40.5 Å². The quantitative estimate of drug-likeness (QED) is 0.818. The van der Waals surface area contributed by atoms with E-state index < -0.39 is 5.60 Å². The maximum atomic E-state index is 12.2. The Kier molecular flexibility index (Phi) is 5.68. The number of aryl methyl sites for hydroxylation is 1. The third-order valence-corrected chi connectivity index (χ3v) is 5.19. The molecule has 6 heteroatoms. The molecule has 1 aromatic heterocycles. The Hall–Kier alpha value is -1.14. The number of ether oxygens (including phenoxy) is 2. The van der Waals surface area contributed by atoms with Crippen LogP contribution in [-0.4, -0.2) is 46.9 Å². The number of thiazole rings is 1. The van der Waals surface area contributed by atoms with Gasteiger partial charge in [-0.2, -0.15) is 0 Å². The molecule has 0 N–H and O–H groups in total. The van der Waals surface area contributed by atoms with Gasteiger partial charge in [-0.15, -0.1) is 11.3 Å². The first-order valence-electron chi connectivity index (χ1n) is 8.25. The Morgan fingerprint density at radius 3 is 2.78 bits per heavy atom. The monoisotopic (exact) mass is 340 g/mol. The van der Waals surface area contributed by atoms with Crippen LogP contribution < -0.4 is 0 Å². The SMILES string of the molecule is CCC1(OCCc2scnc2C)CCN(C(=O)OC(C)(C)C)C1. The van der Waals surface area contributed by atoms with Crippen LogP contribution in [0, 0.1) is 6.92 Å². The molecule has 2 rings (SSSR count). The van der Waals surface area contributed by atoms with Crippen LogP contribution in [0.25, 0.3) is 0 Å². The molecule has 2 heterocycles. The molecule has 0 aromatic carbocycles. The summed E-state index contributed by atoms with van der Waals surface area (Å²) in [5, 5.41) is 0. The second-order valence-electron chi connectivity index (χ2n) is 7.15. The average Bonchev–Trinajstić information content (AvgIpc) is 3.05. The largest absolute Gasteiger partial charge is 0.444 e. The molecule has 1 amide bonds. The number of rotatable bonds is 5. The zero-order valence-electron chi connectivity index (χ0n) is 14.8. The summed E-state index contributed by atoms with van der Waals surface area (Å²) in [6, 6.07) is 0. The van der Waals surface area contributed by atoms with Crippen molar-refractivity contribution < 1.29 is 14.3 Å². The van der Waals surface area contributed by atoms with Crippen molar-refractivity contribution in [3.63, 3.8) is 0 Å². The van der Waals surface area contributed by atoms with Crippen LogP contribution in [0.4, 0.5) is 4.79 Å². The van der Waals surface area contributed by atoms with E-state index in [1.807, 2.05) is 33.2 Å². The fourth-order valence-electron chi connectivity index (χ4n) is 2.76. The van der Waals surface area contributed by atoms with Crippen molar-refractivity contribution in [2.24, 2.45) is 0 Å². The number of carbonyl (C=O) groups is 1. The summed E-state index contributed by atoms with van der Waals surface area (Å²) in [5.41, 5.74) is 2.26. The van der Waals surface area contributed by atoms with Crippen LogP contribution in [0.1, 0.15) is 51.1 Å². The summed E-state index contributed by atoms with van der Waals surface area (Å²) in [6.45, 7) is 11.8. The average molecular weight is 340 g/mol. The molecule has 1 saturated heterocycles. The van der Waals surface area contributed by atoms with Gasteiger partial charge < -0.3 is 14.4 Å². The van der Waals surface area contributed by atoms with Gasteiger partial charge in [0.05, 0.1) is 30.0 Å². The standard InChI is InChI=1S/C17H28N2O3S/c1-6-17(21-10-7-14-13(2)18-12-23-14)8-9-19(11-17)15(20)22-16(3,4)5/h12H,6-11H2,1-5H3. The smallest absolute Gasteiger partial charge is 0.410 e. The second-order valence-corrected chi connectivity index (χ2v) is 8.09. The number of aromatic nitrogens is 1. The highest BCUT2D eigenvalue weighted by molar-refractivity contribution is 7.09. The Balaban J connectivity index is 1.87. The zero-order valence-corrected chi connectivity index (χ0v) is 15.7. The molecule has 130 valence electrons. The van der Waals surface area contributed by atoms with E-state index in [0.29, 0.717) is 19.7 Å². The molecule has 0 aliphatic carbocycles. The van der Waals surface area contributed by atoms with Crippen molar-refractivity contribution in [2.75, 3.05) is 19.7 Å². The molecular formula is C17H28N2O3S. The summed E-state index contributed by atoms with van der Waals surface area (Å²) in [6.07, 6.45) is 2.40. The minimum absolute atomic E-state index is 0.241. The minimum Gasteiger partial charge on any atom is -0.444 e. The third-order valence-electron chi connectivity index (χ3n) is 4.19. The first-order chi connectivity index (χ1) is 10.7. The fraction of sp³-hybridized carbons (Fsp3) is 0.765. The Labute approximate surface area is 143 Å². The predicted molar refractivity (Wildman–Crippen MR) is 92.0 cm³/mol. The normalized spacial score (nSPS) is 21.7. The van der Waals surface area contributed by atoms with E-state index in [2.05, 4.69) is 11.9 Å². The molecule has 1 aliphatic rings. The van der Waals surface area contributed by atoms with Crippen molar-refractivity contribution >= 4 is 17.4 Å². The van der Waals surface area contributed by atoms with E-state index in [4.69, 9.17) is 9.47 Å². The molecule has 23 heavy (non-hydrogen) atoms. The molecule has 0 bridgehead atoms. The summed E-state index contributed by atoms with van der Waals surface area (Å²) in [4.78, 5) is 19.5. The Morgan fingerprint density at radius 2 is 2.22 bits per heavy atom. The summed E-state index contributed by atoms with van der Waals surface area (Å²) >= 11 is 1.67. The van der Waals surface area contributed by atoms with E-state index >= 15 is 0 Å². The molecule has 1 aromatic rings. The first-order valence-corrected chi connectivity index (χ1v) is 9.13. The van der Waals surface area contributed by atoms with Gasteiger partial charge in [-0.25, -0.2) is 9.78 Å². The molecule has 0 radical (unpaired) electrons. The van der Waals surface area contributed by atoms with Crippen LogP contribution in [0.5, 0.6) is 0 Å². The summed E-state index contributed by atoms with van der Waals surface area (Å²) in [5.74, 6) is 0. The van der Waals surface area contributed by atoms with Crippen molar-refractivity contribution in [2.45, 2.75) is 65.1 Å². The minimum atomic E-state index is -0.459. The second kappa shape index (κ2) is 7.18.